The van der Waals surface area contributed by atoms with E-state index in [0.29, 0.717) is 28.1 Å². The average Bonchev–Trinajstić information content (AvgIpc) is 3.11. The second-order valence-electron chi connectivity index (χ2n) is 5.66. The molecule has 1 heterocycles. The van der Waals surface area contributed by atoms with Gasteiger partial charge in [0.15, 0.2) is 11.0 Å². The fourth-order valence-electron chi connectivity index (χ4n) is 2.41. The first-order valence-electron chi connectivity index (χ1n) is 8.47. The van der Waals surface area contributed by atoms with Crippen molar-refractivity contribution >= 4 is 35.5 Å². The summed E-state index contributed by atoms with van der Waals surface area (Å²) in [5, 5.41) is 13.5. The highest BCUT2D eigenvalue weighted by atomic mass is 35.5. The molecule has 0 aliphatic carbocycles. The molecule has 6 nitrogen and oxygen atoms in total. The lowest BCUT2D eigenvalue weighted by Gasteiger charge is -2.07. The molecule has 28 heavy (non-hydrogen) atoms. The first-order valence-corrected chi connectivity index (χ1v) is 9.83. The monoisotopic (exact) mass is 417 g/mol. The van der Waals surface area contributed by atoms with Crippen LogP contribution in [0.4, 0.5) is 4.39 Å². The summed E-state index contributed by atoms with van der Waals surface area (Å²) in [6.07, 6.45) is 1.27. The Hall–Kier alpha value is -2.71. The van der Waals surface area contributed by atoms with E-state index in [2.05, 4.69) is 20.7 Å². The first kappa shape index (κ1) is 20.0. The fourth-order valence-corrected chi connectivity index (χ4v) is 3.33. The van der Waals surface area contributed by atoms with Crippen LogP contribution in [0.5, 0.6) is 0 Å². The minimum atomic E-state index is -0.402. The average molecular weight is 418 g/mol. The molecular weight excluding hydrogens is 401 g/mol. The molecule has 3 rings (SSSR count). The highest BCUT2D eigenvalue weighted by Crippen LogP contribution is 2.24. The van der Waals surface area contributed by atoms with Crippen molar-refractivity contribution in [2.24, 2.45) is 5.10 Å². The van der Waals surface area contributed by atoms with Crippen LogP contribution in [-0.2, 0) is 11.3 Å². The number of thioether (sulfide) groups is 1. The fraction of sp³-hybridized carbons (Fsp3) is 0.158. The lowest BCUT2D eigenvalue weighted by molar-refractivity contribution is -0.118. The molecular formula is C19H17ClFN5OS. The van der Waals surface area contributed by atoms with Crippen molar-refractivity contribution in [2.45, 2.75) is 18.6 Å². The Balaban J connectivity index is 1.60. The molecule has 1 amide bonds. The number of hydrogen-bond acceptors (Lipinski definition) is 5. The number of nitrogens with one attached hydrogen (secondary N) is 1. The summed E-state index contributed by atoms with van der Waals surface area (Å²) in [6.45, 7) is 2.63. The van der Waals surface area contributed by atoms with Crippen molar-refractivity contribution in [1.29, 1.82) is 0 Å². The molecule has 0 saturated heterocycles. The molecule has 0 radical (unpaired) electrons. The van der Waals surface area contributed by atoms with Gasteiger partial charge in [0.2, 0.25) is 0 Å². The van der Waals surface area contributed by atoms with Crippen LogP contribution in [0.25, 0.3) is 11.4 Å². The zero-order chi connectivity index (χ0) is 19.9. The van der Waals surface area contributed by atoms with E-state index in [1.165, 1.54) is 24.0 Å². The lowest BCUT2D eigenvalue weighted by Crippen LogP contribution is -2.20. The summed E-state index contributed by atoms with van der Waals surface area (Å²) in [5.74, 6) is 0.0875. The molecule has 9 heteroatoms. The minimum absolute atomic E-state index is 0.105. The first-order chi connectivity index (χ1) is 13.6. The second kappa shape index (κ2) is 9.48. The van der Waals surface area contributed by atoms with Crippen LogP contribution < -0.4 is 5.43 Å². The summed E-state index contributed by atoms with van der Waals surface area (Å²) in [5.41, 5.74) is 3.57. The Kier molecular flexibility index (Phi) is 6.78. The number of aromatic nitrogens is 3. The minimum Gasteiger partial charge on any atom is -0.302 e. The number of hydrazone groups is 1. The topological polar surface area (TPSA) is 72.2 Å². The van der Waals surface area contributed by atoms with Gasteiger partial charge in [-0.15, -0.1) is 10.2 Å². The van der Waals surface area contributed by atoms with Crippen molar-refractivity contribution in [3.05, 3.63) is 64.9 Å². The number of amides is 1. The number of benzene rings is 2. The standard InChI is InChI=1S/C19H17ClFN5OS/c1-2-26-18(13-7-9-15(20)10-8-13)24-25-19(26)28-12-17(27)23-22-11-14-5-3-4-6-16(14)21/h3-11H,2,12H2,1H3,(H,23,27). The zero-order valence-corrected chi connectivity index (χ0v) is 16.5. The SMILES string of the molecule is CCn1c(SCC(=O)NN=Cc2ccccc2F)nnc1-c1ccc(Cl)cc1. The van der Waals surface area contributed by atoms with Gasteiger partial charge in [-0.25, -0.2) is 9.82 Å². The molecule has 0 fully saturated rings. The van der Waals surface area contributed by atoms with Crippen LogP contribution in [-0.4, -0.2) is 32.6 Å². The van der Waals surface area contributed by atoms with E-state index >= 15 is 0 Å². The maximum Gasteiger partial charge on any atom is 0.250 e. The third-order valence-electron chi connectivity index (χ3n) is 3.77. The Labute approximate surface area is 170 Å². The van der Waals surface area contributed by atoms with Crippen molar-refractivity contribution < 1.29 is 9.18 Å². The van der Waals surface area contributed by atoms with E-state index in [9.17, 15) is 9.18 Å². The van der Waals surface area contributed by atoms with Gasteiger partial charge in [0.05, 0.1) is 12.0 Å². The molecule has 0 aliphatic heterocycles. The summed E-state index contributed by atoms with van der Waals surface area (Å²) in [4.78, 5) is 12.0. The van der Waals surface area contributed by atoms with Gasteiger partial charge in [0.25, 0.3) is 5.91 Å². The largest absolute Gasteiger partial charge is 0.302 e. The van der Waals surface area contributed by atoms with Crippen LogP contribution >= 0.6 is 23.4 Å². The van der Waals surface area contributed by atoms with Gasteiger partial charge >= 0.3 is 0 Å². The van der Waals surface area contributed by atoms with Crippen LogP contribution in [0.1, 0.15) is 12.5 Å². The maximum atomic E-state index is 13.5. The molecule has 144 valence electrons. The number of halogens is 2. The zero-order valence-electron chi connectivity index (χ0n) is 15.0. The van der Waals surface area contributed by atoms with Crippen molar-refractivity contribution in [3.63, 3.8) is 0 Å². The quantitative estimate of drug-likeness (QED) is 0.358. The predicted octanol–water partition coefficient (Wildman–Crippen LogP) is 4.00. The number of hydrogen-bond donors (Lipinski definition) is 1. The molecule has 0 atom stereocenters. The Morgan fingerprint density at radius 1 is 1.25 bits per heavy atom. The van der Waals surface area contributed by atoms with E-state index in [1.807, 2.05) is 23.6 Å². The van der Waals surface area contributed by atoms with Crippen LogP contribution in [0.15, 0.2) is 58.8 Å². The van der Waals surface area contributed by atoms with Gasteiger partial charge in [-0.1, -0.05) is 41.6 Å². The molecule has 1 N–H and O–H groups in total. The van der Waals surface area contributed by atoms with E-state index in [4.69, 9.17) is 11.6 Å². The molecule has 1 aromatic heterocycles. The van der Waals surface area contributed by atoms with Crippen molar-refractivity contribution in [2.75, 3.05) is 5.75 Å². The number of carbonyl (C=O) groups is 1. The van der Waals surface area contributed by atoms with E-state index in [0.717, 1.165) is 5.56 Å². The van der Waals surface area contributed by atoms with Gasteiger partial charge in [-0.3, -0.25) is 4.79 Å². The highest BCUT2D eigenvalue weighted by molar-refractivity contribution is 7.99. The van der Waals surface area contributed by atoms with Gasteiger partial charge in [0.1, 0.15) is 5.82 Å². The predicted molar refractivity (Wildman–Crippen MR) is 109 cm³/mol. The van der Waals surface area contributed by atoms with Gasteiger partial charge < -0.3 is 4.57 Å². The van der Waals surface area contributed by atoms with E-state index in [-0.39, 0.29) is 11.7 Å². The summed E-state index contributed by atoms with van der Waals surface area (Å²) < 4.78 is 15.4. The summed E-state index contributed by atoms with van der Waals surface area (Å²) in [7, 11) is 0. The Morgan fingerprint density at radius 2 is 2.00 bits per heavy atom. The van der Waals surface area contributed by atoms with Crippen molar-refractivity contribution in [3.8, 4) is 11.4 Å². The summed E-state index contributed by atoms with van der Waals surface area (Å²) >= 11 is 7.18. The molecule has 0 bridgehead atoms. The Morgan fingerprint density at radius 3 is 2.71 bits per heavy atom. The van der Waals surface area contributed by atoms with Crippen LogP contribution in [0.3, 0.4) is 0 Å². The molecule has 0 spiro atoms. The molecule has 0 unspecified atom stereocenters. The third kappa shape index (κ3) is 4.96. The molecule has 0 aliphatic rings. The molecule has 3 aromatic rings. The number of carbonyl (C=O) groups excluding carboxylic acids is 1. The van der Waals surface area contributed by atoms with Gasteiger partial charge in [-0.2, -0.15) is 5.10 Å². The number of nitrogens with zero attached hydrogens (tertiary/aromatic N) is 4. The highest BCUT2D eigenvalue weighted by Gasteiger charge is 2.14. The van der Waals surface area contributed by atoms with Gasteiger partial charge in [0, 0.05) is 22.7 Å². The van der Waals surface area contributed by atoms with Gasteiger partial charge in [-0.05, 0) is 37.3 Å². The number of rotatable bonds is 7. The molecule has 2 aromatic carbocycles. The molecule has 0 saturated carbocycles. The third-order valence-corrected chi connectivity index (χ3v) is 4.98. The van der Waals surface area contributed by atoms with Crippen LogP contribution in [0.2, 0.25) is 5.02 Å². The van der Waals surface area contributed by atoms with Crippen molar-refractivity contribution in [1.82, 2.24) is 20.2 Å². The lowest BCUT2D eigenvalue weighted by atomic mass is 10.2. The normalized spacial score (nSPS) is 11.1. The smallest absolute Gasteiger partial charge is 0.250 e. The maximum absolute atomic E-state index is 13.5. The summed E-state index contributed by atoms with van der Waals surface area (Å²) in [6, 6.07) is 13.5. The second-order valence-corrected chi connectivity index (χ2v) is 7.04. The van der Waals surface area contributed by atoms with E-state index in [1.54, 1.807) is 30.3 Å². The van der Waals surface area contributed by atoms with E-state index < -0.39 is 5.82 Å². The van der Waals surface area contributed by atoms with Crippen LogP contribution in [0, 0.1) is 5.82 Å². The Bertz CT molecular complexity index is 990.